The van der Waals surface area contributed by atoms with Crippen molar-refractivity contribution in [2.24, 2.45) is 11.7 Å². The van der Waals surface area contributed by atoms with E-state index in [-0.39, 0.29) is 5.41 Å². The minimum atomic E-state index is 0.0841. The van der Waals surface area contributed by atoms with Gasteiger partial charge in [0.25, 0.3) is 0 Å². The van der Waals surface area contributed by atoms with Gasteiger partial charge in [-0.15, -0.1) is 0 Å². The van der Waals surface area contributed by atoms with Crippen LogP contribution in [0.15, 0.2) is 24.3 Å². The fraction of sp³-hybridized carbons (Fsp3) is 0.571. The average molecular weight is 218 g/mol. The fourth-order valence-electron chi connectivity index (χ4n) is 2.15. The molecule has 0 aromatic heterocycles. The lowest BCUT2D eigenvalue weighted by molar-refractivity contribution is 0.447. The van der Waals surface area contributed by atoms with Gasteiger partial charge in [-0.1, -0.05) is 32.9 Å². The fourth-order valence-corrected chi connectivity index (χ4v) is 2.15. The summed E-state index contributed by atoms with van der Waals surface area (Å²) in [4.78, 5) is 2.42. The van der Waals surface area contributed by atoms with Crippen molar-refractivity contribution in [2.45, 2.75) is 26.2 Å². The lowest BCUT2D eigenvalue weighted by Crippen LogP contribution is -2.45. The van der Waals surface area contributed by atoms with Gasteiger partial charge in [0.05, 0.1) is 0 Å². The first-order valence-corrected chi connectivity index (χ1v) is 6.08. The Morgan fingerprint density at radius 3 is 2.25 bits per heavy atom. The van der Waals surface area contributed by atoms with E-state index in [1.807, 2.05) is 0 Å². The summed E-state index contributed by atoms with van der Waals surface area (Å²) in [7, 11) is 0. The van der Waals surface area contributed by atoms with Crippen LogP contribution < -0.4 is 10.6 Å². The predicted molar refractivity (Wildman–Crippen MR) is 69.9 cm³/mol. The van der Waals surface area contributed by atoms with Gasteiger partial charge in [-0.3, -0.25) is 0 Å². The van der Waals surface area contributed by atoms with Crippen molar-refractivity contribution in [3.63, 3.8) is 0 Å². The Balaban J connectivity index is 2.11. The van der Waals surface area contributed by atoms with Gasteiger partial charge in [-0.05, 0) is 23.6 Å². The Labute approximate surface area is 98.4 Å². The van der Waals surface area contributed by atoms with Crippen molar-refractivity contribution in [1.29, 1.82) is 0 Å². The number of nitrogens with zero attached hydrogens (tertiary/aromatic N) is 1. The van der Waals surface area contributed by atoms with Crippen molar-refractivity contribution in [2.75, 3.05) is 24.5 Å². The normalized spacial score (nSPS) is 17.4. The molecule has 0 radical (unpaired) electrons. The summed E-state index contributed by atoms with van der Waals surface area (Å²) in [5, 5.41) is 0. The molecule has 0 unspecified atom stereocenters. The molecule has 0 spiro atoms. The maximum atomic E-state index is 5.78. The number of rotatable bonds is 3. The van der Waals surface area contributed by atoms with Crippen molar-refractivity contribution < 1.29 is 0 Å². The van der Waals surface area contributed by atoms with Crippen LogP contribution in [0.25, 0.3) is 0 Å². The Hall–Kier alpha value is -1.02. The van der Waals surface area contributed by atoms with E-state index in [0.29, 0.717) is 6.54 Å². The molecular formula is C14H22N2. The number of benzene rings is 1. The molecule has 88 valence electrons. The molecule has 1 saturated heterocycles. The van der Waals surface area contributed by atoms with Crippen molar-refractivity contribution >= 4 is 5.69 Å². The van der Waals surface area contributed by atoms with Gasteiger partial charge in [0.15, 0.2) is 0 Å². The SMILES string of the molecule is CC1CN(c2ccc(C(C)(C)CN)cc2)C1. The van der Waals surface area contributed by atoms with E-state index < -0.39 is 0 Å². The van der Waals surface area contributed by atoms with Crippen LogP contribution in [0.1, 0.15) is 26.3 Å². The van der Waals surface area contributed by atoms with Crippen molar-refractivity contribution in [3.8, 4) is 0 Å². The Kier molecular flexibility index (Phi) is 2.94. The average Bonchev–Trinajstić information content (AvgIpc) is 2.25. The highest BCUT2D eigenvalue weighted by atomic mass is 15.2. The van der Waals surface area contributed by atoms with Gasteiger partial charge in [0.2, 0.25) is 0 Å². The van der Waals surface area contributed by atoms with Gasteiger partial charge >= 0.3 is 0 Å². The van der Waals surface area contributed by atoms with Crippen LogP contribution in [0, 0.1) is 5.92 Å². The molecule has 0 aliphatic carbocycles. The monoisotopic (exact) mass is 218 g/mol. The summed E-state index contributed by atoms with van der Waals surface area (Å²) in [5.74, 6) is 0.847. The Morgan fingerprint density at radius 2 is 1.81 bits per heavy atom. The first kappa shape index (κ1) is 11.5. The smallest absolute Gasteiger partial charge is 0.0366 e. The molecule has 0 bridgehead atoms. The number of hydrogen-bond donors (Lipinski definition) is 1. The summed E-state index contributed by atoms with van der Waals surface area (Å²) in [6.07, 6.45) is 0. The van der Waals surface area contributed by atoms with E-state index in [4.69, 9.17) is 5.73 Å². The number of hydrogen-bond acceptors (Lipinski definition) is 2. The number of anilines is 1. The topological polar surface area (TPSA) is 29.3 Å². The highest BCUT2D eigenvalue weighted by Gasteiger charge is 2.23. The lowest BCUT2D eigenvalue weighted by Gasteiger charge is -2.39. The Morgan fingerprint density at radius 1 is 1.25 bits per heavy atom. The highest BCUT2D eigenvalue weighted by molar-refractivity contribution is 5.50. The van der Waals surface area contributed by atoms with Crippen LogP contribution in [0.2, 0.25) is 0 Å². The zero-order valence-corrected chi connectivity index (χ0v) is 10.5. The molecule has 2 rings (SSSR count). The minimum absolute atomic E-state index is 0.0841. The van der Waals surface area contributed by atoms with E-state index in [1.54, 1.807) is 0 Å². The molecule has 0 saturated carbocycles. The van der Waals surface area contributed by atoms with E-state index in [1.165, 1.54) is 24.3 Å². The van der Waals surface area contributed by atoms with Crippen LogP contribution in [-0.4, -0.2) is 19.6 Å². The molecule has 0 atom stereocenters. The van der Waals surface area contributed by atoms with Gasteiger partial charge in [-0.25, -0.2) is 0 Å². The third-order valence-electron chi connectivity index (χ3n) is 3.59. The summed E-state index contributed by atoms with van der Waals surface area (Å²) in [5.41, 5.74) is 8.53. The molecule has 1 fully saturated rings. The summed E-state index contributed by atoms with van der Waals surface area (Å²) in [6, 6.07) is 8.87. The zero-order chi connectivity index (χ0) is 11.8. The first-order chi connectivity index (χ1) is 7.53. The van der Waals surface area contributed by atoms with E-state index in [9.17, 15) is 0 Å². The molecule has 1 aliphatic heterocycles. The standard InChI is InChI=1S/C14H22N2/c1-11-8-16(9-11)13-6-4-12(5-7-13)14(2,3)10-15/h4-7,11H,8-10,15H2,1-3H3. The molecule has 0 amide bonds. The summed E-state index contributed by atoms with van der Waals surface area (Å²) < 4.78 is 0. The largest absolute Gasteiger partial charge is 0.371 e. The molecule has 2 heteroatoms. The van der Waals surface area contributed by atoms with Gasteiger partial charge < -0.3 is 10.6 Å². The van der Waals surface area contributed by atoms with Gasteiger partial charge in [0, 0.05) is 30.7 Å². The van der Waals surface area contributed by atoms with Gasteiger partial charge in [0.1, 0.15) is 0 Å². The molecule has 1 heterocycles. The van der Waals surface area contributed by atoms with Crippen molar-refractivity contribution in [1.82, 2.24) is 0 Å². The predicted octanol–water partition coefficient (Wildman–Crippen LogP) is 2.38. The lowest BCUT2D eigenvalue weighted by atomic mass is 9.84. The molecule has 16 heavy (non-hydrogen) atoms. The maximum absolute atomic E-state index is 5.78. The molecule has 2 nitrogen and oxygen atoms in total. The van der Waals surface area contributed by atoms with Crippen LogP contribution >= 0.6 is 0 Å². The number of nitrogens with two attached hydrogens (primary N) is 1. The third kappa shape index (κ3) is 2.07. The molecule has 1 aliphatic rings. The Bertz CT molecular complexity index is 348. The molecule has 1 aromatic rings. The second kappa shape index (κ2) is 4.10. The van der Waals surface area contributed by atoms with E-state index in [2.05, 4.69) is 49.9 Å². The second-order valence-corrected chi connectivity index (χ2v) is 5.65. The van der Waals surface area contributed by atoms with Crippen LogP contribution in [0.5, 0.6) is 0 Å². The van der Waals surface area contributed by atoms with Crippen LogP contribution in [0.4, 0.5) is 5.69 Å². The molecule has 2 N–H and O–H groups in total. The van der Waals surface area contributed by atoms with Crippen molar-refractivity contribution in [3.05, 3.63) is 29.8 Å². The summed E-state index contributed by atoms with van der Waals surface area (Å²) >= 11 is 0. The minimum Gasteiger partial charge on any atom is -0.371 e. The van der Waals surface area contributed by atoms with E-state index >= 15 is 0 Å². The second-order valence-electron chi connectivity index (χ2n) is 5.65. The van der Waals surface area contributed by atoms with Crippen LogP contribution in [-0.2, 0) is 5.41 Å². The summed E-state index contributed by atoms with van der Waals surface area (Å²) in [6.45, 7) is 9.75. The molecule has 1 aromatic carbocycles. The quantitative estimate of drug-likeness (QED) is 0.844. The van der Waals surface area contributed by atoms with Crippen LogP contribution in [0.3, 0.4) is 0 Å². The highest BCUT2D eigenvalue weighted by Crippen LogP contribution is 2.28. The third-order valence-corrected chi connectivity index (χ3v) is 3.59. The van der Waals surface area contributed by atoms with E-state index in [0.717, 1.165) is 5.92 Å². The first-order valence-electron chi connectivity index (χ1n) is 6.08. The maximum Gasteiger partial charge on any atom is 0.0366 e. The van der Waals surface area contributed by atoms with Gasteiger partial charge in [-0.2, -0.15) is 0 Å². The molecular weight excluding hydrogens is 196 g/mol. The zero-order valence-electron chi connectivity index (χ0n) is 10.5.